The van der Waals surface area contributed by atoms with Crippen LogP contribution in [0.4, 0.5) is 5.69 Å². The Morgan fingerprint density at radius 2 is 1.85 bits per heavy atom. The van der Waals surface area contributed by atoms with Gasteiger partial charge in [-0.2, -0.15) is 5.26 Å². The third-order valence-corrected chi connectivity index (χ3v) is 4.60. The van der Waals surface area contributed by atoms with Gasteiger partial charge in [0, 0.05) is 37.1 Å². The predicted octanol–water partition coefficient (Wildman–Crippen LogP) is 4.03. The Bertz CT molecular complexity index is 747. The fourth-order valence-corrected chi connectivity index (χ4v) is 3.25. The normalized spacial score (nSPS) is 14.1. The Kier molecular flexibility index (Phi) is 6.45. The zero-order chi connectivity index (χ0) is 18.2. The van der Waals surface area contributed by atoms with Crippen LogP contribution in [-0.2, 0) is 4.74 Å². The lowest BCUT2D eigenvalue weighted by Crippen LogP contribution is -2.29. The van der Waals surface area contributed by atoms with Crippen molar-refractivity contribution >= 4 is 5.69 Å². The molecule has 2 aromatic rings. The van der Waals surface area contributed by atoms with Gasteiger partial charge >= 0.3 is 0 Å². The summed E-state index contributed by atoms with van der Waals surface area (Å²) in [5.41, 5.74) is 3.56. The van der Waals surface area contributed by atoms with Crippen molar-refractivity contribution in [1.82, 2.24) is 4.98 Å². The van der Waals surface area contributed by atoms with Gasteiger partial charge in [0.05, 0.1) is 6.61 Å². The molecular weight excluding hydrogens is 326 g/mol. The van der Waals surface area contributed by atoms with E-state index >= 15 is 0 Å². The van der Waals surface area contributed by atoms with E-state index in [4.69, 9.17) is 9.47 Å². The minimum atomic E-state index is 0.366. The molecule has 0 radical (unpaired) electrons. The van der Waals surface area contributed by atoms with Gasteiger partial charge in [0.1, 0.15) is 18.2 Å². The summed E-state index contributed by atoms with van der Waals surface area (Å²) in [6.45, 7) is 5.69. The summed E-state index contributed by atoms with van der Waals surface area (Å²) in [7, 11) is 0. The highest BCUT2D eigenvalue weighted by Crippen LogP contribution is 2.30. The molecule has 5 nitrogen and oxygen atoms in total. The van der Waals surface area contributed by atoms with Gasteiger partial charge in [-0.05, 0) is 49.9 Å². The summed E-state index contributed by atoms with van der Waals surface area (Å²) in [5.74, 6) is 0.366. The number of benzene rings is 1. The van der Waals surface area contributed by atoms with E-state index in [9.17, 15) is 5.26 Å². The van der Waals surface area contributed by atoms with Gasteiger partial charge in [-0.15, -0.1) is 0 Å². The molecule has 1 aromatic carbocycles. The van der Waals surface area contributed by atoms with Gasteiger partial charge < -0.3 is 14.4 Å². The molecule has 0 N–H and O–H groups in total. The first-order chi connectivity index (χ1) is 12.8. The number of ether oxygens (including phenoxy) is 2. The van der Waals surface area contributed by atoms with Crippen LogP contribution < -0.4 is 9.64 Å². The molecule has 3 rings (SSSR count). The maximum absolute atomic E-state index is 9.61. The Balaban J connectivity index is 1.78. The van der Waals surface area contributed by atoms with Crippen molar-refractivity contribution < 1.29 is 9.47 Å². The highest BCUT2D eigenvalue weighted by atomic mass is 16.5. The summed E-state index contributed by atoms with van der Waals surface area (Å²) in [6, 6.07) is 12.5. The van der Waals surface area contributed by atoms with E-state index < -0.39 is 0 Å². The first-order valence-electron chi connectivity index (χ1n) is 9.28. The molecule has 0 amide bonds. The topological polar surface area (TPSA) is 58.4 Å². The van der Waals surface area contributed by atoms with Crippen LogP contribution in [0, 0.1) is 11.3 Å². The molecule has 1 aliphatic rings. The fraction of sp³-hybridized carbons (Fsp3) is 0.429. The molecule has 26 heavy (non-hydrogen) atoms. The number of piperidine rings is 1. The molecule has 1 fully saturated rings. The van der Waals surface area contributed by atoms with Crippen molar-refractivity contribution in [2.75, 3.05) is 37.8 Å². The van der Waals surface area contributed by atoms with Crippen molar-refractivity contribution in [3.8, 4) is 23.1 Å². The van der Waals surface area contributed by atoms with Crippen molar-refractivity contribution in [2.45, 2.75) is 26.2 Å². The zero-order valence-corrected chi connectivity index (χ0v) is 15.3. The lowest BCUT2D eigenvalue weighted by Gasteiger charge is -2.28. The molecule has 0 atom stereocenters. The van der Waals surface area contributed by atoms with Crippen LogP contribution in [0.3, 0.4) is 0 Å². The summed E-state index contributed by atoms with van der Waals surface area (Å²) in [6.07, 6.45) is 5.52. The Hall–Kier alpha value is -2.58. The third kappa shape index (κ3) is 4.33. The lowest BCUT2D eigenvalue weighted by atomic mass is 10.0. The lowest BCUT2D eigenvalue weighted by molar-refractivity contribution is 0.108. The van der Waals surface area contributed by atoms with Crippen molar-refractivity contribution in [3.63, 3.8) is 0 Å². The minimum absolute atomic E-state index is 0.366. The van der Waals surface area contributed by atoms with E-state index in [0.29, 0.717) is 31.3 Å². The average Bonchev–Trinajstić information content (AvgIpc) is 2.72. The molecule has 0 unspecified atom stereocenters. The Labute approximate surface area is 155 Å². The van der Waals surface area contributed by atoms with Crippen LogP contribution in [0.15, 0.2) is 36.5 Å². The number of hydrogen-bond donors (Lipinski definition) is 0. The predicted molar refractivity (Wildman–Crippen MR) is 102 cm³/mol. The van der Waals surface area contributed by atoms with Crippen LogP contribution in [-0.4, -0.2) is 37.9 Å². The van der Waals surface area contributed by atoms with Crippen LogP contribution in [0.25, 0.3) is 11.1 Å². The molecule has 0 saturated carbocycles. The van der Waals surface area contributed by atoms with Gasteiger partial charge in [0.2, 0.25) is 5.88 Å². The van der Waals surface area contributed by atoms with Crippen LogP contribution in [0.5, 0.6) is 5.88 Å². The molecular formula is C21H25N3O2. The number of pyridine rings is 1. The van der Waals surface area contributed by atoms with Crippen molar-refractivity contribution in [3.05, 3.63) is 42.1 Å². The fourth-order valence-electron chi connectivity index (χ4n) is 3.25. The van der Waals surface area contributed by atoms with E-state index in [1.807, 2.05) is 13.0 Å². The third-order valence-electron chi connectivity index (χ3n) is 4.60. The number of nitriles is 1. The molecule has 5 heteroatoms. The SMILES string of the molecule is CCOCCOc1nccc(-c2ccc(N3CCCCC3)cc2)c1C#N. The quantitative estimate of drug-likeness (QED) is 0.705. The second-order valence-electron chi connectivity index (χ2n) is 6.29. The van der Waals surface area contributed by atoms with Crippen molar-refractivity contribution in [1.29, 1.82) is 5.26 Å². The largest absolute Gasteiger partial charge is 0.474 e. The monoisotopic (exact) mass is 351 g/mol. The number of hydrogen-bond acceptors (Lipinski definition) is 5. The maximum Gasteiger partial charge on any atom is 0.232 e. The summed E-state index contributed by atoms with van der Waals surface area (Å²) in [4.78, 5) is 6.64. The second kappa shape index (κ2) is 9.21. The Morgan fingerprint density at radius 1 is 1.08 bits per heavy atom. The molecule has 1 aliphatic heterocycles. The van der Waals surface area contributed by atoms with E-state index in [-0.39, 0.29) is 0 Å². The first-order valence-corrected chi connectivity index (χ1v) is 9.28. The molecule has 0 spiro atoms. The number of anilines is 1. The van der Waals surface area contributed by atoms with Gasteiger partial charge in [0.15, 0.2) is 0 Å². The van der Waals surface area contributed by atoms with Crippen LogP contribution in [0.2, 0.25) is 0 Å². The summed E-state index contributed by atoms with van der Waals surface area (Å²) in [5, 5.41) is 9.61. The van der Waals surface area contributed by atoms with E-state index in [0.717, 1.165) is 24.2 Å². The molecule has 0 aliphatic carbocycles. The Morgan fingerprint density at radius 3 is 2.54 bits per heavy atom. The zero-order valence-electron chi connectivity index (χ0n) is 15.3. The average molecular weight is 351 g/mol. The molecule has 136 valence electrons. The summed E-state index contributed by atoms with van der Waals surface area (Å²) >= 11 is 0. The summed E-state index contributed by atoms with van der Waals surface area (Å²) < 4.78 is 10.9. The number of rotatable bonds is 7. The second-order valence-corrected chi connectivity index (χ2v) is 6.29. The van der Waals surface area contributed by atoms with E-state index in [1.54, 1.807) is 6.20 Å². The van der Waals surface area contributed by atoms with Crippen LogP contribution >= 0.6 is 0 Å². The van der Waals surface area contributed by atoms with Gasteiger partial charge in [-0.1, -0.05) is 12.1 Å². The maximum atomic E-state index is 9.61. The highest BCUT2D eigenvalue weighted by molar-refractivity contribution is 5.73. The van der Waals surface area contributed by atoms with Crippen LogP contribution in [0.1, 0.15) is 31.7 Å². The smallest absolute Gasteiger partial charge is 0.232 e. The van der Waals surface area contributed by atoms with Gasteiger partial charge in [-0.3, -0.25) is 0 Å². The standard InChI is InChI=1S/C21H25N3O2/c1-2-25-14-15-26-21-20(16-22)19(10-11-23-21)17-6-8-18(9-7-17)24-12-4-3-5-13-24/h6-11H,2-5,12-15H2,1H3. The molecule has 1 saturated heterocycles. The van der Waals surface area contributed by atoms with Crippen molar-refractivity contribution in [2.24, 2.45) is 0 Å². The first kappa shape index (κ1) is 18.2. The minimum Gasteiger partial charge on any atom is -0.474 e. The van der Waals surface area contributed by atoms with E-state index in [1.165, 1.54) is 24.9 Å². The molecule has 0 bridgehead atoms. The van der Waals surface area contributed by atoms with E-state index in [2.05, 4.69) is 40.2 Å². The molecule has 2 heterocycles. The number of aromatic nitrogens is 1. The highest BCUT2D eigenvalue weighted by Gasteiger charge is 2.14. The number of nitrogens with zero attached hydrogens (tertiary/aromatic N) is 3. The van der Waals surface area contributed by atoms with Gasteiger partial charge in [0.25, 0.3) is 0 Å². The van der Waals surface area contributed by atoms with Gasteiger partial charge in [-0.25, -0.2) is 4.98 Å². The molecule has 1 aromatic heterocycles.